The van der Waals surface area contributed by atoms with Gasteiger partial charge in [0.25, 0.3) is 5.91 Å². The minimum Gasteiger partial charge on any atom is -0.491 e. The normalized spacial score (nSPS) is 13.2. The van der Waals surface area contributed by atoms with E-state index < -0.39 is 5.82 Å². The monoisotopic (exact) mass is 472 g/mol. The maximum atomic E-state index is 14.7. The summed E-state index contributed by atoms with van der Waals surface area (Å²) in [7, 11) is 0. The standard InChI is InChI=1S/C27H25FN4O3/c1-3-32-25-21(27(34)31-12-13-35-24-11-7-4-8-18(24)16-31)14-19(29-17(2)33)15-23(25)30-26(32)20-9-5-6-10-22(20)28/h4-11,14-15H,3,12-13,16H2,1-2H3,(H,29,33). The summed E-state index contributed by atoms with van der Waals surface area (Å²) >= 11 is 0. The second-order valence-electron chi connectivity index (χ2n) is 8.42. The van der Waals surface area contributed by atoms with Crippen molar-refractivity contribution in [2.24, 2.45) is 0 Å². The molecule has 0 bridgehead atoms. The molecule has 7 nitrogen and oxygen atoms in total. The Bertz CT molecular complexity index is 1450. The fraction of sp³-hybridized carbons (Fsp3) is 0.222. The number of rotatable bonds is 4. The van der Waals surface area contributed by atoms with Crippen molar-refractivity contribution in [3.8, 4) is 17.1 Å². The molecule has 0 radical (unpaired) electrons. The van der Waals surface area contributed by atoms with E-state index in [1.54, 1.807) is 35.2 Å². The van der Waals surface area contributed by atoms with Crippen molar-refractivity contribution in [1.82, 2.24) is 14.5 Å². The lowest BCUT2D eigenvalue weighted by Crippen LogP contribution is -2.33. The highest BCUT2D eigenvalue weighted by Crippen LogP contribution is 2.32. The number of carbonyl (C=O) groups excluding carboxylic acids is 2. The molecule has 35 heavy (non-hydrogen) atoms. The summed E-state index contributed by atoms with van der Waals surface area (Å²) in [5, 5.41) is 2.76. The number of para-hydroxylation sites is 1. The summed E-state index contributed by atoms with van der Waals surface area (Å²) in [5.74, 6) is 0.328. The Morgan fingerprint density at radius 1 is 1.11 bits per heavy atom. The van der Waals surface area contributed by atoms with Gasteiger partial charge in [-0.15, -0.1) is 0 Å². The van der Waals surface area contributed by atoms with E-state index in [0.717, 1.165) is 11.3 Å². The fourth-order valence-electron chi connectivity index (χ4n) is 4.53. The molecule has 4 aromatic rings. The van der Waals surface area contributed by atoms with Gasteiger partial charge in [0, 0.05) is 31.3 Å². The molecule has 2 amide bonds. The number of fused-ring (bicyclic) bond motifs is 2. The Morgan fingerprint density at radius 3 is 2.66 bits per heavy atom. The van der Waals surface area contributed by atoms with Crippen LogP contribution in [0.2, 0.25) is 0 Å². The third kappa shape index (κ3) is 4.23. The van der Waals surface area contributed by atoms with E-state index in [2.05, 4.69) is 5.32 Å². The zero-order chi connectivity index (χ0) is 24.5. The summed E-state index contributed by atoms with van der Waals surface area (Å²) in [5.41, 5.74) is 3.23. The van der Waals surface area contributed by atoms with Crippen LogP contribution in [0.25, 0.3) is 22.4 Å². The molecule has 178 valence electrons. The van der Waals surface area contributed by atoms with Gasteiger partial charge in [-0.05, 0) is 37.3 Å². The van der Waals surface area contributed by atoms with Crippen LogP contribution in [0.5, 0.6) is 5.75 Å². The number of nitrogens with one attached hydrogen (secondary N) is 1. The van der Waals surface area contributed by atoms with Crippen molar-refractivity contribution >= 4 is 28.5 Å². The van der Waals surface area contributed by atoms with Crippen LogP contribution in [0, 0.1) is 5.82 Å². The predicted molar refractivity (Wildman–Crippen MR) is 132 cm³/mol. The summed E-state index contributed by atoms with van der Waals surface area (Å²) in [4.78, 5) is 32.2. The maximum Gasteiger partial charge on any atom is 0.256 e. The largest absolute Gasteiger partial charge is 0.491 e. The number of hydrogen-bond acceptors (Lipinski definition) is 4. The molecule has 0 saturated carbocycles. The molecule has 1 aliphatic rings. The molecule has 1 aliphatic heterocycles. The molecule has 2 heterocycles. The van der Waals surface area contributed by atoms with Gasteiger partial charge in [-0.2, -0.15) is 0 Å². The number of hydrogen-bond donors (Lipinski definition) is 1. The predicted octanol–water partition coefficient (Wildman–Crippen LogP) is 4.86. The molecule has 0 unspecified atom stereocenters. The van der Waals surface area contributed by atoms with Crippen molar-refractivity contribution < 1.29 is 18.7 Å². The van der Waals surface area contributed by atoms with E-state index in [0.29, 0.717) is 59.9 Å². The van der Waals surface area contributed by atoms with Gasteiger partial charge in [-0.25, -0.2) is 9.37 Å². The van der Waals surface area contributed by atoms with Gasteiger partial charge in [-0.3, -0.25) is 9.59 Å². The van der Waals surface area contributed by atoms with Gasteiger partial charge in [0.15, 0.2) is 0 Å². The zero-order valence-electron chi connectivity index (χ0n) is 19.5. The van der Waals surface area contributed by atoms with Crippen LogP contribution in [-0.4, -0.2) is 39.4 Å². The zero-order valence-corrected chi connectivity index (χ0v) is 19.5. The van der Waals surface area contributed by atoms with E-state index in [4.69, 9.17) is 9.72 Å². The second kappa shape index (κ2) is 9.21. The average molecular weight is 473 g/mol. The number of benzene rings is 3. The van der Waals surface area contributed by atoms with Gasteiger partial charge in [0.2, 0.25) is 5.91 Å². The third-order valence-electron chi connectivity index (χ3n) is 6.06. The molecule has 0 spiro atoms. The topological polar surface area (TPSA) is 76.5 Å². The van der Waals surface area contributed by atoms with E-state index in [-0.39, 0.29) is 11.8 Å². The fourth-order valence-corrected chi connectivity index (χ4v) is 4.53. The lowest BCUT2D eigenvalue weighted by molar-refractivity contribution is -0.114. The minimum absolute atomic E-state index is 0.211. The first-order valence-corrected chi connectivity index (χ1v) is 11.5. The number of anilines is 1. The molecule has 0 atom stereocenters. The Hall–Kier alpha value is -4.20. The number of nitrogens with zero attached hydrogens (tertiary/aromatic N) is 3. The summed E-state index contributed by atoms with van der Waals surface area (Å²) in [6.45, 7) is 4.97. The number of imidazole rings is 1. The molecule has 8 heteroatoms. The number of aryl methyl sites for hydroxylation is 1. The average Bonchev–Trinajstić information content (AvgIpc) is 3.06. The third-order valence-corrected chi connectivity index (χ3v) is 6.06. The van der Waals surface area contributed by atoms with E-state index in [9.17, 15) is 14.0 Å². The maximum absolute atomic E-state index is 14.7. The molecule has 0 fully saturated rings. The number of carbonyl (C=O) groups is 2. The number of halogens is 1. The molecule has 0 saturated heterocycles. The summed E-state index contributed by atoms with van der Waals surface area (Å²) < 4.78 is 22.4. The quantitative estimate of drug-likeness (QED) is 0.461. The Labute approximate surface area is 202 Å². The molecule has 1 aromatic heterocycles. The Morgan fingerprint density at radius 2 is 1.89 bits per heavy atom. The van der Waals surface area contributed by atoms with E-state index in [1.165, 1.54) is 13.0 Å². The molecular formula is C27H25FN4O3. The highest BCUT2D eigenvalue weighted by Gasteiger charge is 2.26. The van der Waals surface area contributed by atoms with Crippen LogP contribution < -0.4 is 10.1 Å². The van der Waals surface area contributed by atoms with Gasteiger partial charge in [0.05, 0.1) is 28.7 Å². The smallest absolute Gasteiger partial charge is 0.256 e. The van der Waals surface area contributed by atoms with Crippen molar-refractivity contribution in [1.29, 1.82) is 0 Å². The van der Waals surface area contributed by atoms with Crippen LogP contribution in [0.15, 0.2) is 60.7 Å². The molecule has 3 aromatic carbocycles. The van der Waals surface area contributed by atoms with Gasteiger partial charge >= 0.3 is 0 Å². The number of amides is 2. The highest BCUT2D eigenvalue weighted by atomic mass is 19.1. The first kappa shape index (κ1) is 22.6. The van der Waals surface area contributed by atoms with Crippen molar-refractivity contribution in [3.05, 3.63) is 77.6 Å². The van der Waals surface area contributed by atoms with Gasteiger partial charge < -0.3 is 19.5 Å². The van der Waals surface area contributed by atoms with Crippen LogP contribution >= 0.6 is 0 Å². The minimum atomic E-state index is -0.395. The van der Waals surface area contributed by atoms with Crippen molar-refractivity contribution in [2.45, 2.75) is 26.9 Å². The van der Waals surface area contributed by atoms with Crippen molar-refractivity contribution in [2.75, 3.05) is 18.5 Å². The van der Waals surface area contributed by atoms with E-state index >= 15 is 0 Å². The van der Waals surface area contributed by atoms with Crippen LogP contribution in [0.3, 0.4) is 0 Å². The lowest BCUT2D eigenvalue weighted by Gasteiger charge is -2.21. The van der Waals surface area contributed by atoms with E-state index in [1.807, 2.05) is 35.8 Å². The summed E-state index contributed by atoms with van der Waals surface area (Å²) in [6, 6.07) is 17.5. The first-order valence-electron chi connectivity index (χ1n) is 11.5. The number of aromatic nitrogens is 2. The molecular weight excluding hydrogens is 447 g/mol. The molecule has 0 aliphatic carbocycles. The SMILES string of the molecule is CCn1c(-c2ccccc2F)nc2cc(NC(C)=O)cc(C(=O)N3CCOc4ccccc4C3)c21. The van der Waals surface area contributed by atoms with Crippen LogP contribution in [-0.2, 0) is 17.9 Å². The van der Waals surface area contributed by atoms with Crippen molar-refractivity contribution in [3.63, 3.8) is 0 Å². The Balaban J connectivity index is 1.68. The molecule has 1 N–H and O–H groups in total. The Kier molecular flexibility index (Phi) is 5.94. The van der Waals surface area contributed by atoms with Gasteiger partial charge in [0.1, 0.15) is 24.0 Å². The summed E-state index contributed by atoms with van der Waals surface area (Å²) in [6.07, 6.45) is 0. The van der Waals surface area contributed by atoms with Gasteiger partial charge in [-0.1, -0.05) is 30.3 Å². The second-order valence-corrected chi connectivity index (χ2v) is 8.42. The highest BCUT2D eigenvalue weighted by molar-refractivity contribution is 6.08. The molecule has 5 rings (SSSR count). The van der Waals surface area contributed by atoms with Crippen LogP contribution in [0.1, 0.15) is 29.8 Å². The lowest BCUT2D eigenvalue weighted by atomic mass is 10.1. The first-order chi connectivity index (χ1) is 17.0. The number of ether oxygens (including phenoxy) is 1. The van der Waals surface area contributed by atoms with Crippen LogP contribution in [0.4, 0.5) is 10.1 Å².